The van der Waals surface area contributed by atoms with Gasteiger partial charge in [0.15, 0.2) is 18.9 Å². The Hall–Kier alpha value is -3.81. The second kappa shape index (κ2) is 53.3. The van der Waals surface area contributed by atoms with E-state index in [9.17, 15) is 61.0 Å². The molecule has 0 bridgehead atoms. The molecule has 92 heavy (non-hydrogen) atoms. The lowest BCUT2D eigenvalue weighted by Crippen LogP contribution is -2.66. The summed E-state index contributed by atoms with van der Waals surface area (Å²) < 4.78 is 34.3. The second-order valence-electron chi connectivity index (χ2n) is 24.2. The average Bonchev–Trinajstić information content (AvgIpc) is 0.854. The van der Waals surface area contributed by atoms with Crippen molar-refractivity contribution in [3.05, 3.63) is 122 Å². The van der Waals surface area contributed by atoms with Crippen LogP contribution in [0.25, 0.3) is 0 Å². The number of amides is 1. The van der Waals surface area contributed by atoms with E-state index in [1.54, 1.807) is 6.08 Å². The van der Waals surface area contributed by atoms with Crippen molar-refractivity contribution in [3.63, 3.8) is 0 Å². The quantitative estimate of drug-likeness (QED) is 0.0199. The van der Waals surface area contributed by atoms with E-state index in [1.165, 1.54) is 64.2 Å². The lowest BCUT2D eigenvalue weighted by atomic mass is 9.96. The van der Waals surface area contributed by atoms with Crippen LogP contribution < -0.4 is 5.32 Å². The molecule has 0 saturated carbocycles. The Morgan fingerprint density at radius 3 is 1.22 bits per heavy atom. The summed E-state index contributed by atoms with van der Waals surface area (Å²) in [5.74, 6) is -0.314. The SMILES string of the molecule is CC/C=C\C/C=C\C/C=C\C/C=C\C/C=C\C/C=C\C/C=C\CCCCCCCC(=O)NC(COC1OC(CO)C(OC2OC(CO)C(OC3OC(CO)C(O)C(O)C3O)C(O)C2O)C(O)C1O)C(O)/C=C/CC/C=C/CC/C=C/CCCCCCCCCCCC. The Bertz CT molecular complexity index is 2140. The summed E-state index contributed by atoms with van der Waals surface area (Å²) in [6, 6.07) is -1.02. The van der Waals surface area contributed by atoms with Gasteiger partial charge in [0.25, 0.3) is 0 Å². The number of ether oxygens (including phenoxy) is 6. The Balaban J connectivity index is 1.47. The number of unbranched alkanes of at least 4 members (excludes halogenated alkanes) is 17. The van der Waals surface area contributed by atoms with E-state index in [0.717, 1.165) is 103 Å². The van der Waals surface area contributed by atoms with Gasteiger partial charge in [-0.05, 0) is 103 Å². The van der Waals surface area contributed by atoms with Crippen LogP contribution >= 0.6 is 0 Å². The summed E-state index contributed by atoms with van der Waals surface area (Å²) >= 11 is 0. The molecule has 3 saturated heterocycles. The number of carbonyl (C=O) groups excluding carboxylic acids is 1. The fourth-order valence-electron chi connectivity index (χ4n) is 10.8. The van der Waals surface area contributed by atoms with Gasteiger partial charge in [0, 0.05) is 6.42 Å². The molecule has 1 amide bonds. The predicted octanol–water partition coefficient (Wildman–Crippen LogP) is 9.21. The summed E-state index contributed by atoms with van der Waals surface area (Å²) in [7, 11) is 0. The highest BCUT2D eigenvalue weighted by atomic mass is 16.8. The van der Waals surface area contributed by atoms with Crippen molar-refractivity contribution in [2.45, 2.75) is 304 Å². The predicted molar refractivity (Wildman–Crippen MR) is 360 cm³/mol. The first kappa shape index (κ1) is 82.4. The van der Waals surface area contributed by atoms with Crippen molar-refractivity contribution >= 4 is 5.91 Å². The zero-order valence-corrected chi connectivity index (χ0v) is 55.5. The molecule has 0 aromatic heterocycles. The molecule has 3 aliphatic heterocycles. The van der Waals surface area contributed by atoms with Crippen LogP contribution in [-0.4, -0.2) is 193 Å². The van der Waals surface area contributed by atoms with E-state index in [2.05, 4.69) is 129 Å². The van der Waals surface area contributed by atoms with E-state index in [0.29, 0.717) is 12.8 Å². The maximum atomic E-state index is 13.4. The fraction of sp³-hybridized carbons (Fsp3) is 0.712. The molecule has 3 heterocycles. The normalized spacial score (nSPS) is 28.5. The Morgan fingerprint density at radius 2 is 0.761 bits per heavy atom. The van der Waals surface area contributed by atoms with Crippen LogP contribution in [0.2, 0.25) is 0 Å². The maximum absolute atomic E-state index is 13.4. The molecular weight excluding hydrogens is 1180 g/mol. The largest absolute Gasteiger partial charge is 0.394 e. The van der Waals surface area contributed by atoms with Crippen molar-refractivity contribution in [2.24, 2.45) is 0 Å². The average molecular weight is 1300 g/mol. The zero-order chi connectivity index (χ0) is 66.8. The topological polar surface area (TPSA) is 307 Å². The molecule has 3 rings (SSSR count). The zero-order valence-electron chi connectivity index (χ0n) is 55.5. The summed E-state index contributed by atoms with van der Waals surface area (Å²) in [5.41, 5.74) is 0. The third-order valence-corrected chi connectivity index (χ3v) is 16.5. The highest BCUT2D eigenvalue weighted by Crippen LogP contribution is 2.33. The van der Waals surface area contributed by atoms with Crippen molar-refractivity contribution in [3.8, 4) is 0 Å². The van der Waals surface area contributed by atoms with Crippen LogP contribution in [0.4, 0.5) is 0 Å². The lowest BCUT2D eigenvalue weighted by Gasteiger charge is -2.48. The van der Waals surface area contributed by atoms with Gasteiger partial charge in [-0.3, -0.25) is 4.79 Å². The summed E-state index contributed by atoms with van der Waals surface area (Å²) in [6.45, 7) is 1.56. The number of aliphatic hydroxyl groups excluding tert-OH is 11. The van der Waals surface area contributed by atoms with E-state index in [4.69, 9.17) is 28.4 Å². The first-order chi connectivity index (χ1) is 44.8. The van der Waals surface area contributed by atoms with Gasteiger partial charge >= 0.3 is 0 Å². The fourth-order valence-corrected chi connectivity index (χ4v) is 10.8. The molecule has 12 N–H and O–H groups in total. The van der Waals surface area contributed by atoms with Gasteiger partial charge in [-0.2, -0.15) is 0 Å². The first-order valence-electron chi connectivity index (χ1n) is 34.8. The van der Waals surface area contributed by atoms with Crippen molar-refractivity contribution in [1.29, 1.82) is 0 Å². The van der Waals surface area contributed by atoms with E-state index in [1.807, 2.05) is 6.08 Å². The Morgan fingerprint density at radius 1 is 0.402 bits per heavy atom. The summed E-state index contributed by atoms with van der Waals surface area (Å²) in [5, 5.41) is 120. The molecule has 3 fully saturated rings. The number of allylic oxidation sites excluding steroid dienone is 19. The highest BCUT2D eigenvalue weighted by molar-refractivity contribution is 5.76. The van der Waals surface area contributed by atoms with Crippen molar-refractivity contribution < 1.29 is 89.4 Å². The summed E-state index contributed by atoms with van der Waals surface area (Å²) in [4.78, 5) is 13.4. The number of aliphatic hydroxyl groups is 11. The Kier molecular flexibility index (Phi) is 47.8. The smallest absolute Gasteiger partial charge is 0.220 e. The van der Waals surface area contributed by atoms with Crippen LogP contribution in [0.1, 0.15) is 200 Å². The highest BCUT2D eigenvalue weighted by Gasteiger charge is 2.53. The van der Waals surface area contributed by atoms with Gasteiger partial charge in [-0.25, -0.2) is 0 Å². The molecule has 19 nitrogen and oxygen atoms in total. The van der Waals surface area contributed by atoms with Gasteiger partial charge < -0.3 is 89.9 Å². The molecule has 3 aliphatic rings. The molecule has 0 radical (unpaired) electrons. The third kappa shape index (κ3) is 34.7. The minimum Gasteiger partial charge on any atom is -0.394 e. The number of hydrogen-bond donors (Lipinski definition) is 12. The molecule has 19 heteroatoms. The minimum absolute atomic E-state index is 0.201. The molecule has 0 aliphatic carbocycles. The molecule has 17 unspecified atom stereocenters. The van der Waals surface area contributed by atoms with E-state index < -0.39 is 124 Å². The first-order valence-corrected chi connectivity index (χ1v) is 34.8. The number of hydrogen-bond acceptors (Lipinski definition) is 18. The van der Waals surface area contributed by atoms with E-state index >= 15 is 0 Å². The number of rotatable bonds is 51. The van der Waals surface area contributed by atoms with Crippen LogP contribution in [0.15, 0.2) is 122 Å². The number of carbonyl (C=O) groups is 1. The van der Waals surface area contributed by atoms with Crippen LogP contribution in [0, 0.1) is 0 Å². The second-order valence-corrected chi connectivity index (χ2v) is 24.2. The van der Waals surface area contributed by atoms with Gasteiger partial charge in [0.1, 0.15) is 73.2 Å². The van der Waals surface area contributed by atoms with Crippen LogP contribution in [0.3, 0.4) is 0 Å². The monoisotopic (exact) mass is 1300 g/mol. The molecular formula is C73H121NO18. The molecule has 526 valence electrons. The van der Waals surface area contributed by atoms with E-state index in [-0.39, 0.29) is 18.9 Å². The van der Waals surface area contributed by atoms with Crippen molar-refractivity contribution in [2.75, 3.05) is 26.4 Å². The molecule has 0 aromatic rings. The molecule has 0 aromatic carbocycles. The van der Waals surface area contributed by atoms with Gasteiger partial charge in [0.2, 0.25) is 5.91 Å². The number of nitrogens with one attached hydrogen (secondary N) is 1. The van der Waals surface area contributed by atoms with Crippen molar-refractivity contribution in [1.82, 2.24) is 5.32 Å². The van der Waals surface area contributed by atoms with Crippen LogP contribution in [0.5, 0.6) is 0 Å². The Labute approximate surface area is 550 Å². The van der Waals surface area contributed by atoms with Gasteiger partial charge in [-0.1, -0.05) is 212 Å². The standard InChI is InChI=1S/C73H121NO18/c1-3-5-7-9-11-13-15-17-19-21-23-25-26-27-28-29-30-31-33-35-37-39-41-43-45-47-49-51-61(79)74-56(57(78)50-48-46-44-42-40-38-36-34-32-24-22-20-18-16-14-12-10-8-6-4-2)55-87-71-67(85)64(82)69(59(53-76)89-71)92-73-68(86)65(83)70(60(54-77)90-73)91-72-66(84)63(81)62(80)58(52-75)88-72/h5,7,11,13,17,19,23,25,27-28,30-32,34-35,37,40,42,48,50,56-60,62-73,75-78,80-86H,3-4,6,8-10,12,14-16,18,20-22,24,26,29,33,36,38-39,41,43-47,49,51-55H2,1-2H3,(H,74,79)/b7-5-,13-11-,19-17-,25-23-,28-27-,31-30-,34-32+,37-35-,42-40+,50-48+. The maximum Gasteiger partial charge on any atom is 0.220 e. The molecule has 17 atom stereocenters. The van der Waals surface area contributed by atoms with Gasteiger partial charge in [0.05, 0.1) is 38.6 Å². The molecule has 0 spiro atoms. The summed E-state index contributed by atoms with van der Waals surface area (Å²) in [6.07, 6.45) is 45.9. The van der Waals surface area contributed by atoms with Gasteiger partial charge in [-0.15, -0.1) is 0 Å². The lowest BCUT2D eigenvalue weighted by molar-refractivity contribution is -0.379. The minimum atomic E-state index is -1.99. The third-order valence-electron chi connectivity index (χ3n) is 16.5. The van der Waals surface area contributed by atoms with Crippen LogP contribution in [-0.2, 0) is 33.2 Å².